The zero-order valence-electron chi connectivity index (χ0n) is 27.6. The molecule has 2 N–H and O–H groups in total. The van der Waals surface area contributed by atoms with Crippen molar-refractivity contribution in [3.63, 3.8) is 0 Å². The lowest BCUT2D eigenvalue weighted by atomic mass is 10.1. The van der Waals surface area contributed by atoms with Crippen LogP contribution in [0, 0.1) is 5.82 Å². The second kappa shape index (κ2) is 12.4. The highest BCUT2D eigenvalue weighted by molar-refractivity contribution is 5.70. The van der Waals surface area contributed by atoms with Crippen molar-refractivity contribution in [1.29, 1.82) is 0 Å². The van der Waals surface area contributed by atoms with E-state index in [-0.39, 0.29) is 24.3 Å². The monoisotopic (exact) mass is 644 g/mol. The fraction of sp³-hybridized carbons (Fsp3) is 0.471. The van der Waals surface area contributed by atoms with Crippen LogP contribution in [0.1, 0.15) is 91.0 Å². The number of hydrogen-bond acceptors (Lipinski definition) is 8. The van der Waals surface area contributed by atoms with Gasteiger partial charge >= 0.3 is 12.2 Å². The smallest absolute Gasteiger partial charge is 0.410 e. The normalized spacial score (nSPS) is 18.5. The van der Waals surface area contributed by atoms with Gasteiger partial charge in [-0.25, -0.2) is 33.9 Å². The molecule has 6 rings (SSSR count). The summed E-state index contributed by atoms with van der Waals surface area (Å²) >= 11 is 0. The first-order chi connectivity index (χ1) is 22.3. The van der Waals surface area contributed by atoms with Crippen LogP contribution in [-0.2, 0) is 9.47 Å². The van der Waals surface area contributed by atoms with Gasteiger partial charge in [0.1, 0.15) is 28.7 Å². The molecule has 5 heterocycles. The maximum atomic E-state index is 15.4. The average molecular weight is 645 g/mol. The summed E-state index contributed by atoms with van der Waals surface area (Å²) in [6.07, 6.45) is 9.15. The number of likely N-dealkylation sites (tertiary alicyclic amines) is 2. The molecule has 0 radical (unpaired) electrons. The number of benzene rings is 1. The van der Waals surface area contributed by atoms with Crippen molar-refractivity contribution < 1.29 is 23.5 Å². The summed E-state index contributed by atoms with van der Waals surface area (Å²) in [7, 11) is 0. The highest BCUT2D eigenvalue weighted by atomic mass is 19.1. The van der Waals surface area contributed by atoms with Crippen LogP contribution >= 0.6 is 0 Å². The molecule has 2 atom stereocenters. The molecule has 0 saturated carbocycles. The lowest BCUT2D eigenvalue weighted by Crippen LogP contribution is -2.36. The van der Waals surface area contributed by atoms with E-state index in [4.69, 9.17) is 9.47 Å². The molecule has 12 nitrogen and oxygen atoms in total. The Morgan fingerprint density at radius 3 is 2.00 bits per heavy atom. The number of rotatable bonds is 5. The van der Waals surface area contributed by atoms with Crippen LogP contribution in [-0.4, -0.2) is 76.2 Å². The predicted molar refractivity (Wildman–Crippen MR) is 172 cm³/mol. The van der Waals surface area contributed by atoms with Gasteiger partial charge in [0.2, 0.25) is 0 Å². The van der Waals surface area contributed by atoms with Crippen LogP contribution in [0.25, 0.3) is 33.9 Å². The summed E-state index contributed by atoms with van der Waals surface area (Å²) in [4.78, 5) is 53.5. The number of imidazole rings is 2. The number of nitrogens with zero attached hydrogens (tertiary/aromatic N) is 6. The van der Waals surface area contributed by atoms with Gasteiger partial charge in [0.05, 0.1) is 29.7 Å². The maximum absolute atomic E-state index is 15.4. The van der Waals surface area contributed by atoms with Gasteiger partial charge in [-0.2, -0.15) is 0 Å². The number of aromatic nitrogens is 6. The van der Waals surface area contributed by atoms with Gasteiger partial charge in [-0.15, -0.1) is 0 Å². The number of hydrogen-bond donors (Lipinski definition) is 2. The van der Waals surface area contributed by atoms with Crippen molar-refractivity contribution in [2.45, 2.75) is 90.5 Å². The van der Waals surface area contributed by atoms with Crippen molar-refractivity contribution in [1.82, 2.24) is 39.7 Å². The fourth-order valence-electron chi connectivity index (χ4n) is 5.96. The Morgan fingerprint density at radius 2 is 1.43 bits per heavy atom. The molecule has 0 bridgehead atoms. The Hall–Kier alpha value is -4.81. The first-order valence-electron chi connectivity index (χ1n) is 16.0. The van der Waals surface area contributed by atoms with Crippen molar-refractivity contribution in [3.8, 4) is 33.9 Å². The molecular weight excluding hydrogens is 603 g/mol. The minimum absolute atomic E-state index is 0.201. The van der Waals surface area contributed by atoms with Crippen LogP contribution in [0.5, 0.6) is 0 Å². The molecule has 1 aromatic carbocycles. The van der Waals surface area contributed by atoms with E-state index in [1.165, 1.54) is 6.07 Å². The zero-order chi connectivity index (χ0) is 33.5. The van der Waals surface area contributed by atoms with Crippen molar-refractivity contribution in [2.75, 3.05) is 13.1 Å². The number of amides is 2. The number of nitrogens with one attached hydrogen (secondary N) is 2. The van der Waals surface area contributed by atoms with Crippen LogP contribution < -0.4 is 0 Å². The molecule has 2 aliphatic rings. The third-order valence-electron chi connectivity index (χ3n) is 8.05. The molecule has 0 aliphatic carbocycles. The minimum Gasteiger partial charge on any atom is -0.444 e. The lowest BCUT2D eigenvalue weighted by molar-refractivity contribution is 0.0208. The van der Waals surface area contributed by atoms with Crippen LogP contribution in [0.15, 0.2) is 43.0 Å². The van der Waals surface area contributed by atoms with Crippen LogP contribution in [0.4, 0.5) is 14.0 Å². The van der Waals surface area contributed by atoms with Gasteiger partial charge in [-0.1, -0.05) is 6.07 Å². The third kappa shape index (κ3) is 7.13. The summed E-state index contributed by atoms with van der Waals surface area (Å²) in [5.41, 5.74) is 1.54. The fourth-order valence-corrected chi connectivity index (χ4v) is 5.96. The van der Waals surface area contributed by atoms with Gasteiger partial charge < -0.3 is 19.4 Å². The molecule has 13 heteroatoms. The quantitative estimate of drug-likeness (QED) is 0.232. The van der Waals surface area contributed by atoms with Gasteiger partial charge in [-0.3, -0.25) is 9.80 Å². The predicted octanol–water partition coefficient (Wildman–Crippen LogP) is 7.21. The van der Waals surface area contributed by atoms with E-state index < -0.39 is 17.0 Å². The summed E-state index contributed by atoms with van der Waals surface area (Å²) in [5.74, 6) is 1.18. The van der Waals surface area contributed by atoms with Gasteiger partial charge in [0, 0.05) is 48.4 Å². The third-order valence-corrected chi connectivity index (χ3v) is 8.05. The molecule has 2 fully saturated rings. The zero-order valence-corrected chi connectivity index (χ0v) is 27.6. The van der Waals surface area contributed by atoms with E-state index in [2.05, 4.69) is 29.9 Å². The molecule has 3 aromatic heterocycles. The number of carbonyl (C=O) groups excluding carboxylic acids is 2. The standard InChI is InChI=1S/C34H41FN8O4/c1-33(2,3)46-31(44)42-13-7-9-26(42)29-38-18-24(40-29)21-16-36-28(37-17-21)20-11-12-22(23(35)15-20)25-19-39-30(41-25)27-10-8-14-43(27)32(45)47-34(4,5)6/h11-12,15-19,26-27H,7-10,13-14H2,1-6H3,(H,38,40)(H,39,41)/t26-,27-/m0/s1. The molecule has 2 saturated heterocycles. The molecule has 0 unspecified atom stereocenters. The van der Waals surface area contributed by atoms with Crippen molar-refractivity contribution in [3.05, 3.63) is 60.5 Å². The molecule has 2 amide bonds. The summed E-state index contributed by atoms with van der Waals surface area (Å²) in [6, 6.07) is 4.33. The summed E-state index contributed by atoms with van der Waals surface area (Å²) < 4.78 is 26.6. The molecule has 0 spiro atoms. The molecule has 47 heavy (non-hydrogen) atoms. The average Bonchev–Trinajstić information content (AvgIpc) is 3.81. The van der Waals surface area contributed by atoms with Crippen molar-refractivity contribution in [2.24, 2.45) is 0 Å². The molecule has 4 aromatic rings. The largest absolute Gasteiger partial charge is 0.444 e. The molecular formula is C34H41FN8O4. The summed E-state index contributed by atoms with van der Waals surface area (Å²) in [5, 5.41) is 0. The maximum Gasteiger partial charge on any atom is 0.410 e. The Kier molecular flexibility index (Phi) is 8.49. The number of ether oxygens (including phenoxy) is 2. The highest BCUT2D eigenvalue weighted by Gasteiger charge is 2.36. The van der Waals surface area contributed by atoms with Crippen molar-refractivity contribution >= 4 is 12.2 Å². The summed E-state index contributed by atoms with van der Waals surface area (Å²) in [6.45, 7) is 12.2. The van der Waals surface area contributed by atoms with E-state index in [0.29, 0.717) is 58.6 Å². The van der Waals surface area contributed by atoms with Crippen LogP contribution in [0.2, 0.25) is 0 Å². The molecule has 248 valence electrons. The first kappa shape index (κ1) is 32.1. The second-order valence-corrected chi connectivity index (χ2v) is 14.0. The first-order valence-corrected chi connectivity index (χ1v) is 16.0. The van der Waals surface area contributed by atoms with Gasteiger partial charge in [0.15, 0.2) is 5.82 Å². The lowest BCUT2D eigenvalue weighted by Gasteiger charge is -2.27. The Balaban J connectivity index is 1.14. The van der Waals surface area contributed by atoms with E-state index in [1.54, 1.807) is 46.7 Å². The van der Waals surface area contributed by atoms with E-state index in [1.807, 2.05) is 41.5 Å². The van der Waals surface area contributed by atoms with E-state index in [9.17, 15) is 9.59 Å². The van der Waals surface area contributed by atoms with Gasteiger partial charge in [-0.05, 0) is 79.4 Å². The Morgan fingerprint density at radius 1 is 0.830 bits per heavy atom. The van der Waals surface area contributed by atoms with E-state index >= 15 is 4.39 Å². The number of halogens is 1. The Bertz CT molecular complexity index is 1750. The number of H-pyrrole nitrogens is 2. The SMILES string of the molecule is CC(C)(C)OC(=O)N1CCC[C@H]1c1nc(-c2ccc(-c3ncc(-c4cnc([C@@H]5CCCN5C(=O)OC(C)(C)C)[nH]4)cn3)cc2F)c[nH]1. The number of aromatic amines is 2. The minimum atomic E-state index is -0.599. The topological polar surface area (TPSA) is 142 Å². The van der Waals surface area contributed by atoms with E-state index in [0.717, 1.165) is 25.7 Å². The van der Waals surface area contributed by atoms with Crippen LogP contribution in [0.3, 0.4) is 0 Å². The number of carbonyl (C=O) groups is 2. The highest BCUT2D eigenvalue weighted by Crippen LogP contribution is 2.35. The second-order valence-electron chi connectivity index (χ2n) is 14.0. The Labute approximate surface area is 273 Å². The molecule has 2 aliphatic heterocycles. The van der Waals surface area contributed by atoms with Gasteiger partial charge in [0.25, 0.3) is 0 Å².